The Balaban J connectivity index is 1.29. The van der Waals surface area contributed by atoms with E-state index < -0.39 is 38.9 Å². The largest absolute Gasteiger partial charge is 0.416 e. The molecule has 43 heavy (non-hydrogen) atoms. The Morgan fingerprint density at radius 2 is 1.70 bits per heavy atom. The van der Waals surface area contributed by atoms with E-state index in [1.807, 2.05) is 12.1 Å². The first-order valence-electron chi connectivity index (χ1n) is 14.5. The maximum atomic E-state index is 13.5. The molecule has 1 aliphatic heterocycles. The normalized spacial score (nSPS) is 19.0. The summed E-state index contributed by atoms with van der Waals surface area (Å²) in [6, 6.07) is 17.0. The van der Waals surface area contributed by atoms with Crippen molar-refractivity contribution in [2.24, 2.45) is 0 Å². The molecule has 6 nitrogen and oxygen atoms in total. The number of fused-ring (bicyclic) bond motifs is 1. The first-order chi connectivity index (χ1) is 20.5. The van der Waals surface area contributed by atoms with Crippen LogP contribution in [0.25, 0.3) is 0 Å². The number of carbonyl (C=O) groups excluding carboxylic acids is 1. The van der Waals surface area contributed by atoms with Gasteiger partial charge in [0.15, 0.2) is 0 Å². The highest BCUT2D eigenvalue weighted by molar-refractivity contribution is 7.89. The molecule has 0 radical (unpaired) electrons. The van der Waals surface area contributed by atoms with E-state index in [0.29, 0.717) is 24.5 Å². The van der Waals surface area contributed by atoms with Gasteiger partial charge in [0.1, 0.15) is 6.17 Å². The van der Waals surface area contributed by atoms with Crippen LogP contribution in [-0.4, -0.2) is 38.5 Å². The standard InChI is InChI=1S/C32H35F4N3O3S/c33-26-14-16-39(17-15-26)21-22-12-13-28-24(18-22)8-4-11-29(28)37-31(40)20-30(23-6-2-1-3-7-23)38-43(41,42)27-10-5-9-25(19-27)32(34,35)36/h1-3,5-7,9-10,12-13,18-19,26,29-30,38H,4,8,11,14-17,20-21H2,(H,37,40)/t29-,30?/m1/s1. The molecule has 1 amide bonds. The molecule has 1 aliphatic carbocycles. The molecule has 1 fully saturated rings. The fourth-order valence-electron chi connectivity index (χ4n) is 5.88. The maximum Gasteiger partial charge on any atom is 0.416 e. The summed E-state index contributed by atoms with van der Waals surface area (Å²) in [6.45, 7) is 2.22. The van der Waals surface area contributed by atoms with E-state index in [2.05, 4.69) is 21.0 Å². The third-order valence-electron chi connectivity index (χ3n) is 8.14. The number of sulfonamides is 1. The van der Waals surface area contributed by atoms with E-state index >= 15 is 0 Å². The van der Waals surface area contributed by atoms with Crippen LogP contribution < -0.4 is 10.0 Å². The van der Waals surface area contributed by atoms with E-state index in [1.54, 1.807) is 30.3 Å². The lowest BCUT2D eigenvalue weighted by Gasteiger charge is -2.30. The summed E-state index contributed by atoms with van der Waals surface area (Å²) in [6.07, 6.45) is -2.07. The molecular formula is C32H35F4N3O3S. The molecule has 1 saturated heterocycles. The van der Waals surface area contributed by atoms with Gasteiger partial charge in [0.2, 0.25) is 15.9 Å². The van der Waals surface area contributed by atoms with Gasteiger partial charge in [0.25, 0.3) is 0 Å². The second kappa shape index (κ2) is 13.2. The molecule has 230 valence electrons. The Morgan fingerprint density at radius 3 is 2.42 bits per heavy atom. The number of nitrogens with zero attached hydrogens (tertiary/aromatic N) is 1. The number of halogens is 4. The SMILES string of the molecule is O=C(CC(NS(=O)(=O)c1cccc(C(F)(F)F)c1)c1ccccc1)N[C@@H]1CCCc2cc(CN3CCC(F)CC3)ccc21. The van der Waals surface area contributed by atoms with Gasteiger partial charge in [-0.2, -0.15) is 13.2 Å². The molecule has 1 unspecified atom stereocenters. The van der Waals surface area contributed by atoms with Gasteiger partial charge in [0.05, 0.1) is 22.5 Å². The number of likely N-dealkylation sites (tertiary alicyclic amines) is 1. The Labute approximate surface area is 249 Å². The predicted molar refractivity (Wildman–Crippen MR) is 155 cm³/mol. The van der Waals surface area contributed by atoms with Gasteiger partial charge in [-0.1, -0.05) is 54.6 Å². The van der Waals surface area contributed by atoms with Crippen molar-refractivity contribution in [2.45, 2.75) is 74.4 Å². The van der Waals surface area contributed by atoms with Crippen molar-refractivity contribution in [3.63, 3.8) is 0 Å². The van der Waals surface area contributed by atoms with Crippen molar-refractivity contribution >= 4 is 15.9 Å². The van der Waals surface area contributed by atoms with E-state index in [4.69, 9.17) is 0 Å². The van der Waals surface area contributed by atoms with Crippen LogP contribution in [0.1, 0.15) is 72.0 Å². The van der Waals surface area contributed by atoms with Crippen molar-refractivity contribution < 1.29 is 30.8 Å². The Kier molecular flexibility index (Phi) is 9.53. The molecule has 3 aromatic carbocycles. The van der Waals surface area contributed by atoms with E-state index in [-0.39, 0.29) is 18.4 Å². The number of benzene rings is 3. The van der Waals surface area contributed by atoms with Crippen LogP contribution in [0.5, 0.6) is 0 Å². The van der Waals surface area contributed by atoms with Crippen LogP contribution in [0.15, 0.2) is 77.7 Å². The lowest BCUT2D eigenvalue weighted by atomic mass is 9.86. The molecule has 3 aromatic rings. The number of piperidine rings is 1. The van der Waals surface area contributed by atoms with E-state index in [1.165, 1.54) is 0 Å². The molecular weight excluding hydrogens is 582 g/mol. The lowest BCUT2D eigenvalue weighted by molar-refractivity contribution is -0.137. The molecule has 2 atom stereocenters. The molecule has 1 heterocycles. The fourth-order valence-corrected chi connectivity index (χ4v) is 7.15. The van der Waals surface area contributed by atoms with Crippen molar-refractivity contribution in [1.82, 2.24) is 14.9 Å². The lowest BCUT2D eigenvalue weighted by Crippen LogP contribution is -2.36. The van der Waals surface area contributed by atoms with Crippen molar-refractivity contribution in [1.29, 1.82) is 0 Å². The van der Waals surface area contributed by atoms with Crippen molar-refractivity contribution in [3.05, 3.63) is 101 Å². The van der Waals surface area contributed by atoms with Crippen LogP contribution in [0, 0.1) is 0 Å². The zero-order valence-corrected chi connectivity index (χ0v) is 24.4. The number of rotatable bonds is 9. The average Bonchev–Trinajstić information content (AvgIpc) is 2.98. The zero-order chi connectivity index (χ0) is 30.6. The molecule has 0 spiro atoms. The van der Waals surface area contributed by atoms with Crippen LogP contribution in [0.2, 0.25) is 0 Å². The second-order valence-corrected chi connectivity index (χ2v) is 13.0. The number of nitrogens with one attached hydrogen (secondary N) is 2. The summed E-state index contributed by atoms with van der Waals surface area (Å²) in [5.74, 6) is -0.378. The first-order valence-corrected chi connectivity index (χ1v) is 16.0. The third-order valence-corrected chi connectivity index (χ3v) is 9.61. The highest BCUT2D eigenvalue weighted by Crippen LogP contribution is 2.33. The van der Waals surface area contributed by atoms with Crippen LogP contribution >= 0.6 is 0 Å². The molecule has 0 aromatic heterocycles. The minimum Gasteiger partial charge on any atom is -0.349 e. The number of hydrogen-bond donors (Lipinski definition) is 2. The van der Waals surface area contributed by atoms with Crippen LogP contribution in [0.4, 0.5) is 17.6 Å². The summed E-state index contributed by atoms with van der Waals surface area (Å²) in [4.78, 5) is 15.1. The van der Waals surface area contributed by atoms with E-state index in [9.17, 15) is 30.8 Å². The quantitative estimate of drug-likeness (QED) is 0.279. The molecule has 11 heteroatoms. The Morgan fingerprint density at radius 1 is 0.953 bits per heavy atom. The number of alkyl halides is 4. The van der Waals surface area contributed by atoms with Gasteiger partial charge in [-0.25, -0.2) is 17.5 Å². The van der Waals surface area contributed by atoms with Gasteiger partial charge in [0, 0.05) is 26.1 Å². The Bertz CT molecular complexity index is 1520. The van der Waals surface area contributed by atoms with Gasteiger partial charge < -0.3 is 5.32 Å². The monoisotopic (exact) mass is 617 g/mol. The predicted octanol–water partition coefficient (Wildman–Crippen LogP) is 6.24. The minimum atomic E-state index is -4.70. The summed E-state index contributed by atoms with van der Waals surface area (Å²) >= 11 is 0. The number of carbonyl (C=O) groups is 1. The second-order valence-electron chi connectivity index (χ2n) is 11.3. The highest BCUT2D eigenvalue weighted by Gasteiger charge is 2.33. The Hall–Kier alpha value is -3.28. The first kappa shape index (κ1) is 31.2. The van der Waals surface area contributed by atoms with Gasteiger partial charge in [-0.3, -0.25) is 9.69 Å². The van der Waals surface area contributed by atoms with E-state index in [0.717, 1.165) is 73.8 Å². The van der Waals surface area contributed by atoms with Crippen LogP contribution in [-0.2, 0) is 34.0 Å². The van der Waals surface area contributed by atoms with Gasteiger partial charge in [-0.05, 0) is 72.6 Å². The van der Waals surface area contributed by atoms with Crippen molar-refractivity contribution in [2.75, 3.05) is 13.1 Å². The maximum absolute atomic E-state index is 13.5. The smallest absolute Gasteiger partial charge is 0.349 e. The molecule has 5 rings (SSSR count). The number of hydrogen-bond acceptors (Lipinski definition) is 4. The van der Waals surface area contributed by atoms with Gasteiger partial charge >= 0.3 is 6.18 Å². The number of aryl methyl sites for hydroxylation is 1. The zero-order valence-electron chi connectivity index (χ0n) is 23.6. The van der Waals surface area contributed by atoms with Crippen LogP contribution in [0.3, 0.4) is 0 Å². The minimum absolute atomic E-state index is 0.239. The summed E-state index contributed by atoms with van der Waals surface area (Å²) in [5, 5.41) is 3.06. The van der Waals surface area contributed by atoms with Gasteiger partial charge in [-0.15, -0.1) is 0 Å². The third kappa shape index (κ3) is 8.01. The fraction of sp³-hybridized carbons (Fsp3) is 0.406. The molecule has 0 bridgehead atoms. The molecule has 2 aliphatic rings. The summed E-state index contributed by atoms with van der Waals surface area (Å²) < 4.78 is 82.1. The molecule has 0 saturated carbocycles. The average molecular weight is 618 g/mol. The summed E-state index contributed by atoms with van der Waals surface area (Å²) in [5.41, 5.74) is 2.76. The molecule has 2 N–H and O–H groups in total. The number of amides is 1. The topological polar surface area (TPSA) is 78.5 Å². The van der Waals surface area contributed by atoms with Crippen molar-refractivity contribution in [3.8, 4) is 0 Å². The summed E-state index contributed by atoms with van der Waals surface area (Å²) in [7, 11) is -4.39. The highest BCUT2D eigenvalue weighted by atomic mass is 32.2.